The Morgan fingerprint density at radius 1 is 0.920 bits per heavy atom. The van der Waals surface area contributed by atoms with Gasteiger partial charge in [-0.05, 0) is 41.9 Å². The molecule has 0 aliphatic heterocycles. The monoisotopic (exact) mass is 339 g/mol. The van der Waals surface area contributed by atoms with Gasteiger partial charge in [0.25, 0.3) is 0 Å². The summed E-state index contributed by atoms with van der Waals surface area (Å²) in [6.07, 6.45) is 2.77. The van der Waals surface area contributed by atoms with Gasteiger partial charge in [-0.15, -0.1) is 0 Å². The molecule has 25 heavy (non-hydrogen) atoms. The van der Waals surface area contributed by atoms with Gasteiger partial charge in [-0.1, -0.05) is 68.4 Å². The van der Waals surface area contributed by atoms with Gasteiger partial charge in [0.15, 0.2) is 0 Å². The van der Waals surface area contributed by atoms with Gasteiger partial charge in [-0.2, -0.15) is 0 Å². The van der Waals surface area contributed by atoms with Crippen LogP contribution in [0.1, 0.15) is 43.4 Å². The minimum absolute atomic E-state index is 0.161. The van der Waals surface area contributed by atoms with Crippen molar-refractivity contribution in [1.29, 1.82) is 0 Å². The number of hydrogen-bond donors (Lipinski definition) is 2. The second-order valence-corrected chi connectivity index (χ2v) is 7.11. The summed E-state index contributed by atoms with van der Waals surface area (Å²) in [6, 6.07) is 19.1. The fraction of sp³-hybridized carbons (Fsp3) is 0.409. The molecule has 0 aliphatic carbocycles. The lowest BCUT2D eigenvalue weighted by atomic mass is 10.00. The van der Waals surface area contributed by atoms with Gasteiger partial charge in [0, 0.05) is 19.0 Å². The van der Waals surface area contributed by atoms with Crippen LogP contribution in [0.25, 0.3) is 0 Å². The highest BCUT2D eigenvalue weighted by molar-refractivity contribution is 5.66. The summed E-state index contributed by atoms with van der Waals surface area (Å²) in [5.41, 5.74) is 3.84. The fourth-order valence-electron chi connectivity index (χ4n) is 3.00. The number of aliphatic carboxylic acids is 1. The molecule has 0 fully saturated rings. The third-order valence-electron chi connectivity index (χ3n) is 4.29. The standard InChI is InChI=1S/C22H29NO2/c1-17(2)14-19-8-10-20(11-9-19)16-23-21(12-13-22(24)25)15-18-6-4-3-5-7-18/h3-11,17,21,23H,12-16H2,1-2H3,(H,24,25). The normalized spacial score (nSPS) is 12.3. The van der Waals surface area contributed by atoms with E-state index in [2.05, 4.69) is 55.6 Å². The second-order valence-electron chi connectivity index (χ2n) is 7.11. The van der Waals surface area contributed by atoms with Crippen LogP contribution in [-0.4, -0.2) is 17.1 Å². The first-order chi connectivity index (χ1) is 12.0. The highest BCUT2D eigenvalue weighted by Crippen LogP contribution is 2.12. The lowest BCUT2D eigenvalue weighted by Gasteiger charge is -2.18. The Labute approximate surface area is 151 Å². The van der Waals surface area contributed by atoms with Gasteiger partial charge in [0.1, 0.15) is 0 Å². The molecule has 0 heterocycles. The highest BCUT2D eigenvalue weighted by atomic mass is 16.4. The van der Waals surface area contributed by atoms with E-state index < -0.39 is 5.97 Å². The summed E-state index contributed by atoms with van der Waals surface area (Å²) >= 11 is 0. The van der Waals surface area contributed by atoms with E-state index in [1.54, 1.807) is 0 Å². The number of nitrogens with one attached hydrogen (secondary N) is 1. The molecule has 3 nitrogen and oxygen atoms in total. The fourth-order valence-corrected chi connectivity index (χ4v) is 3.00. The summed E-state index contributed by atoms with van der Waals surface area (Å²) < 4.78 is 0. The van der Waals surface area contributed by atoms with Crippen LogP contribution in [-0.2, 0) is 24.2 Å². The molecule has 2 N–H and O–H groups in total. The highest BCUT2D eigenvalue weighted by Gasteiger charge is 2.11. The number of benzene rings is 2. The van der Waals surface area contributed by atoms with Crippen molar-refractivity contribution in [2.24, 2.45) is 5.92 Å². The summed E-state index contributed by atoms with van der Waals surface area (Å²) in [5.74, 6) is -0.0758. The van der Waals surface area contributed by atoms with Crippen molar-refractivity contribution >= 4 is 5.97 Å². The van der Waals surface area contributed by atoms with Crippen molar-refractivity contribution in [3.05, 3.63) is 71.3 Å². The Hall–Kier alpha value is -2.13. The maximum absolute atomic E-state index is 10.9. The maximum Gasteiger partial charge on any atom is 0.303 e. The van der Waals surface area contributed by atoms with Gasteiger partial charge < -0.3 is 10.4 Å². The van der Waals surface area contributed by atoms with Gasteiger partial charge >= 0.3 is 5.97 Å². The molecule has 0 saturated carbocycles. The molecule has 0 saturated heterocycles. The van der Waals surface area contributed by atoms with Crippen LogP contribution in [0.2, 0.25) is 0 Å². The summed E-state index contributed by atoms with van der Waals surface area (Å²) in [7, 11) is 0. The Morgan fingerprint density at radius 3 is 2.12 bits per heavy atom. The number of carboxylic acid groups (broad SMARTS) is 1. The van der Waals surface area contributed by atoms with Crippen molar-refractivity contribution in [3.8, 4) is 0 Å². The van der Waals surface area contributed by atoms with E-state index >= 15 is 0 Å². The molecule has 0 aromatic heterocycles. The number of carbonyl (C=O) groups is 1. The van der Waals surface area contributed by atoms with Crippen LogP contribution >= 0.6 is 0 Å². The van der Waals surface area contributed by atoms with Crippen LogP contribution in [0.3, 0.4) is 0 Å². The second kappa shape index (κ2) is 10.00. The first kappa shape index (κ1) is 19.2. The van der Waals surface area contributed by atoms with Crippen molar-refractivity contribution in [2.45, 2.75) is 52.1 Å². The Morgan fingerprint density at radius 2 is 1.52 bits per heavy atom. The van der Waals surface area contributed by atoms with Crippen LogP contribution in [0, 0.1) is 5.92 Å². The van der Waals surface area contributed by atoms with E-state index in [9.17, 15) is 4.79 Å². The molecule has 0 aliphatic rings. The summed E-state index contributed by atoms with van der Waals surface area (Å²) in [5, 5.41) is 12.5. The van der Waals surface area contributed by atoms with Gasteiger partial charge in [-0.25, -0.2) is 0 Å². The maximum atomic E-state index is 10.9. The minimum atomic E-state index is -0.738. The molecule has 3 heteroatoms. The van der Waals surface area contributed by atoms with E-state index in [0.717, 1.165) is 19.4 Å². The Kier molecular flexibility index (Phi) is 7.68. The topological polar surface area (TPSA) is 49.3 Å². The van der Waals surface area contributed by atoms with Gasteiger partial charge in [0.2, 0.25) is 0 Å². The molecule has 1 unspecified atom stereocenters. The van der Waals surface area contributed by atoms with Crippen LogP contribution in [0.4, 0.5) is 0 Å². The predicted octanol–water partition coefficient (Wildman–Crippen LogP) is 4.45. The van der Waals surface area contributed by atoms with Crippen molar-refractivity contribution in [2.75, 3.05) is 0 Å². The summed E-state index contributed by atoms with van der Waals surface area (Å²) in [6.45, 7) is 5.22. The van der Waals surface area contributed by atoms with E-state index in [1.165, 1.54) is 16.7 Å². The van der Waals surface area contributed by atoms with E-state index in [-0.39, 0.29) is 12.5 Å². The molecular weight excluding hydrogens is 310 g/mol. The minimum Gasteiger partial charge on any atom is -0.481 e. The molecular formula is C22H29NO2. The lowest BCUT2D eigenvalue weighted by Crippen LogP contribution is -2.31. The molecule has 0 amide bonds. The number of hydrogen-bond acceptors (Lipinski definition) is 2. The van der Waals surface area contributed by atoms with Crippen LogP contribution in [0.15, 0.2) is 54.6 Å². The van der Waals surface area contributed by atoms with Gasteiger partial charge in [0.05, 0.1) is 0 Å². The SMILES string of the molecule is CC(C)Cc1ccc(CNC(CCC(=O)O)Cc2ccccc2)cc1. The van der Waals surface area contributed by atoms with Crippen LogP contribution in [0.5, 0.6) is 0 Å². The average molecular weight is 339 g/mol. The molecule has 2 rings (SSSR count). The van der Waals surface area contributed by atoms with Crippen molar-refractivity contribution < 1.29 is 9.90 Å². The molecule has 0 bridgehead atoms. The number of carboxylic acids is 1. The van der Waals surface area contributed by atoms with Crippen molar-refractivity contribution in [1.82, 2.24) is 5.32 Å². The zero-order valence-corrected chi connectivity index (χ0v) is 15.2. The van der Waals surface area contributed by atoms with E-state index in [1.807, 2.05) is 18.2 Å². The largest absolute Gasteiger partial charge is 0.481 e. The van der Waals surface area contributed by atoms with E-state index in [4.69, 9.17) is 5.11 Å². The third-order valence-corrected chi connectivity index (χ3v) is 4.29. The van der Waals surface area contributed by atoms with Crippen LogP contribution < -0.4 is 5.32 Å². The predicted molar refractivity (Wildman–Crippen MR) is 103 cm³/mol. The molecule has 0 radical (unpaired) electrons. The first-order valence-electron chi connectivity index (χ1n) is 9.10. The smallest absolute Gasteiger partial charge is 0.303 e. The molecule has 2 aromatic rings. The van der Waals surface area contributed by atoms with Gasteiger partial charge in [-0.3, -0.25) is 4.79 Å². The van der Waals surface area contributed by atoms with E-state index in [0.29, 0.717) is 12.3 Å². The Bertz CT molecular complexity index is 635. The summed E-state index contributed by atoms with van der Waals surface area (Å²) in [4.78, 5) is 10.9. The van der Waals surface area contributed by atoms with Crippen molar-refractivity contribution in [3.63, 3.8) is 0 Å². The third kappa shape index (κ3) is 7.53. The molecule has 1 atom stereocenters. The zero-order chi connectivity index (χ0) is 18.1. The molecule has 2 aromatic carbocycles. The molecule has 134 valence electrons. The number of rotatable bonds is 10. The lowest BCUT2D eigenvalue weighted by molar-refractivity contribution is -0.137. The first-order valence-corrected chi connectivity index (χ1v) is 9.10. The Balaban J connectivity index is 1.92. The zero-order valence-electron chi connectivity index (χ0n) is 15.2. The average Bonchev–Trinajstić information content (AvgIpc) is 2.59. The molecule has 0 spiro atoms. The quantitative estimate of drug-likeness (QED) is 0.672.